The van der Waals surface area contributed by atoms with Gasteiger partial charge in [-0.2, -0.15) is 0 Å². The van der Waals surface area contributed by atoms with E-state index in [4.69, 9.17) is 18.9 Å². The van der Waals surface area contributed by atoms with E-state index in [1.165, 1.54) is 51.4 Å². The van der Waals surface area contributed by atoms with Gasteiger partial charge in [-0.05, 0) is 43.5 Å². The maximum atomic E-state index is 6.19. The Morgan fingerprint density at radius 3 is 2.36 bits per heavy atom. The molecule has 0 radical (unpaired) electrons. The Kier molecular flexibility index (Phi) is 8.95. The van der Waals surface area contributed by atoms with E-state index in [1.54, 1.807) is 12.4 Å². The molecule has 1 atom stereocenters. The summed E-state index contributed by atoms with van der Waals surface area (Å²) in [5, 5.41) is 0. The highest BCUT2D eigenvalue weighted by atomic mass is 16.7. The average molecular weight is 455 g/mol. The molecule has 33 heavy (non-hydrogen) atoms. The third kappa shape index (κ3) is 7.15. The molecule has 0 amide bonds. The molecule has 1 saturated heterocycles. The minimum absolute atomic E-state index is 0.00463. The van der Waals surface area contributed by atoms with Gasteiger partial charge < -0.3 is 18.9 Å². The molecule has 1 aromatic carbocycles. The summed E-state index contributed by atoms with van der Waals surface area (Å²) < 4.78 is 23.9. The summed E-state index contributed by atoms with van der Waals surface area (Å²) in [5.41, 5.74) is 0.950. The Morgan fingerprint density at radius 1 is 0.879 bits per heavy atom. The van der Waals surface area contributed by atoms with Gasteiger partial charge in [-0.3, -0.25) is 0 Å². The van der Waals surface area contributed by atoms with Crippen LogP contribution < -0.4 is 9.47 Å². The minimum Gasteiger partial charge on any atom is -0.491 e. The zero-order chi connectivity index (χ0) is 22.8. The summed E-state index contributed by atoms with van der Waals surface area (Å²) in [6.07, 6.45) is 16.7. The van der Waals surface area contributed by atoms with Crippen molar-refractivity contribution in [3.8, 4) is 22.9 Å². The highest BCUT2D eigenvalue weighted by Crippen LogP contribution is 2.37. The zero-order valence-electron chi connectivity index (χ0n) is 20.0. The number of hydrogen-bond donors (Lipinski definition) is 0. The van der Waals surface area contributed by atoms with Crippen LogP contribution in [-0.2, 0) is 9.47 Å². The first kappa shape index (κ1) is 24.0. The van der Waals surface area contributed by atoms with Crippen LogP contribution in [0.15, 0.2) is 36.7 Å². The molecule has 0 bridgehead atoms. The lowest BCUT2D eigenvalue weighted by molar-refractivity contribution is -0.189. The lowest BCUT2D eigenvalue weighted by Gasteiger charge is -2.31. The van der Waals surface area contributed by atoms with Crippen molar-refractivity contribution in [2.24, 2.45) is 0 Å². The van der Waals surface area contributed by atoms with E-state index in [9.17, 15) is 0 Å². The predicted molar refractivity (Wildman–Crippen MR) is 128 cm³/mol. The number of aromatic nitrogens is 2. The maximum Gasteiger partial charge on any atom is 0.169 e. The fourth-order valence-electron chi connectivity index (χ4n) is 4.55. The van der Waals surface area contributed by atoms with Gasteiger partial charge in [0, 0.05) is 18.4 Å². The highest BCUT2D eigenvalue weighted by Gasteiger charge is 2.42. The minimum atomic E-state index is -0.349. The van der Waals surface area contributed by atoms with Gasteiger partial charge in [0.15, 0.2) is 17.4 Å². The van der Waals surface area contributed by atoms with Gasteiger partial charge in [0.1, 0.15) is 18.5 Å². The fourth-order valence-corrected chi connectivity index (χ4v) is 4.55. The van der Waals surface area contributed by atoms with Crippen LogP contribution in [0.25, 0.3) is 11.4 Å². The van der Waals surface area contributed by atoms with Gasteiger partial charge in [0.25, 0.3) is 0 Å². The SMILES string of the molecule is CCCCCCCCOc1cnc(-c2ccc(OC[C@@H]3COC4(CCCCC4)O3)cc2)nc1. The molecule has 0 unspecified atom stereocenters. The molecule has 6 heteroatoms. The normalized spacial score (nSPS) is 19.6. The fraction of sp³-hybridized carbons (Fsp3) is 0.630. The van der Waals surface area contributed by atoms with Gasteiger partial charge in [-0.1, -0.05) is 45.4 Å². The first-order valence-electron chi connectivity index (χ1n) is 12.8. The number of benzene rings is 1. The van der Waals surface area contributed by atoms with Gasteiger partial charge >= 0.3 is 0 Å². The van der Waals surface area contributed by atoms with E-state index in [2.05, 4.69) is 16.9 Å². The second kappa shape index (κ2) is 12.3. The van der Waals surface area contributed by atoms with E-state index in [0.29, 0.717) is 19.0 Å². The van der Waals surface area contributed by atoms with Crippen molar-refractivity contribution in [2.75, 3.05) is 19.8 Å². The second-order valence-corrected chi connectivity index (χ2v) is 9.22. The summed E-state index contributed by atoms with van der Waals surface area (Å²) in [5.74, 6) is 1.87. The maximum absolute atomic E-state index is 6.19. The van der Waals surface area contributed by atoms with Gasteiger partial charge in [0.2, 0.25) is 0 Å². The van der Waals surface area contributed by atoms with Crippen LogP contribution in [0, 0.1) is 0 Å². The van der Waals surface area contributed by atoms with E-state index >= 15 is 0 Å². The first-order chi connectivity index (χ1) is 16.3. The van der Waals surface area contributed by atoms with Crippen molar-refractivity contribution in [3.63, 3.8) is 0 Å². The van der Waals surface area contributed by atoms with E-state index in [-0.39, 0.29) is 11.9 Å². The standard InChI is InChI=1S/C27H38N2O4/c1-2-3-4-5-6-10-17-30-24-18-28-26(29-19-24)22-11-13-23(14-12-22)31-20-25-21-32-27(33-25)15-8-7-9-16-27/h11-14,18-19,25H,2-10,15-17,20-21H2,1H3/t25-/m1/s1. The van der Waals surface area contributed by atoms with Crippen molar-refractivity contribution >= 4 is 0 Å². The topological polar surface area (TPSA) is 62.7 Å². The summed E-state index contributed by atoms with van der Waals surface area (Å²) in [7, 11) is 0. The van der Waals surface area contributed by atoms with E-state index in [1.807, 2.05) is 24.3 Å². The van der Waals surface area contributed by atoms with Crippen LogP contribution in [0.3, 0.4) is 0 Å². The smallest absolute Gasteiger partial charge is 0.169 e. The van der Waals surface area contributed by atoms with E-state index in [0.717, 1.165) is 42.9 Å². The van der Waals surface area contributed by atoms with Crippen molar-refractivity contribution in [2.45, 2.75) is 89.4 Å². The Balaban J connectivity index is 1.18. The van der Waals surface area contributed by atoms with Crippen molar-refractivity contribution < 1.29 is 18.9 Å². The molecule has 180 valence electrons. The number of nitrogens with zero attached hydrogens (tertiary/aromatic N) is 2. The van der Waals surface area contributed by atoms with E-state index < -0.39 is 0 Å². The molecular formula is C27H38N2O4. The molecule has 1 aliphatic heterocycles. The Hall–Kier alpha value is -2.18. The molecule has 1 spiro atoms. The average Bonchev–Trinajstić information content (AvgIpc) is 3.25. The summed E-state index contributed by atoms with van der Waals surface area (Å²) >= 11 is 0. The van der Waals surface area contributed by atoms with Crippen LogP contribution >= 0.6 is 0 Å². The zero-order valence-corrected chi connectivity index (χ0v) is 20.0. The quantitative estimate of drug-likeness (QED) is 0.349. The van der Waals surface area contributed by atoms with Crippen LogP contribution in [0.4, 0.5) is 0 Å². The molecule has 1 aromatic heterocycles. The van der Waals surface area contributed by atoms with Gasteiger partial charge in [-0.25, -0.2) is 9.97 Å². The molecule has 4 rings (SSSR count). The number of unbranched alkanes of at least 4 members (excludes halogenated alkanes) is 5. The van der Waals surface area contributed by atoms with Crippen molar-refractivity contribution in [1.82, 2.24) is 9.97 Å². The lowest BCUT2D eigenvalue weighted by Crippen LogP contribution is -2.34. The summed E-state index contributed by atoms with van der Waals surface area (Å²) in [4.78, 5) is 8.92. The Bertz CT molecular complexity index is 819. The van der Waals surface area contributed by atoms with Gasteiger partial charge in [-0.15, -0.1) is 0 Å². The molecule has 2 fully saturated rings. The number of rotatable bonds is 12. The number of hydrogen-bond acceptors (Lipinski definition) is 6. The highest BCUT2D eigenvalue weighted by molar-refractivity contribution is 5.56. The predicted octanol–water partition coefficient (Wildman–Crippen LogP) is 6.34. The summed E-state index contributed by atoms with van der Waals surface area (Å²) in [6.45, 7) is 4.07. The Labute approximate surface area is 198 Å². The van der Waals surface area contributed by atoms with Crippen molar-refractivity contribution in [3.05, 3.63) is 36.7 Å². The van der Waals surface area contributed by atoms with Crippen LogP contribution in [0.2, 0.25) is 0 Å². The van der Waals surface area contributed by atoms with Crippen LogP contribution in [-0.4, -0.2) is 41.7 Å². The van der Waals surface area contributed by atoms with Crippen LogP contribution in [0.5, 0.6) is 11.5 Å². The monoisotopic (exact) mass is 454 g/mol. The first-order valence-corrected chi connectivity index (χ1v) is 12.8. The summed E-state index contributed by atoms with van der Waals surface area (Å²) in [6, 6.07) is 7.87. The molecule has 6 nitrogen and oxygen atoms in total. The largest absolute Gasteiger partial charge is 0.491 e. The molecular weight excluding hydrogens is 416 g/mol. The molecule has 2 aliphatic rings. The Morgan fingerprint density at radius 2 is 1.61 bits per heavy atom. The third-order valence-corrected chi connectivity index (χ3v) is 6.47. The second-order valence-electron chi connectivity index (χ2n) is 9.22. The number of ether oxygens (including phenoxy) is 4. The lowest BCUT2D eigenvalue weighted by atomic mass is 9.94. The third-order valence-electron chi connectivity index (χ3n) is 6.47. The molecule has 2 heterocycles. The van der Waals surface area contributed by atoms with Crippen molar-refractivity contribution in [1.29, 1.82) is 0 Å². The molecule has 1 aliphatic carbocycles. The molecule has 1 saturated carbocycles. The molecule has 2 aromatic rings. The molecule has 0 N–H and O–H groups in total. The van der Waals surface area contributed by atoms with Crippen LogP contribution in [0.1, 0.15) is 77.6 Å². The van der Waals surface area contributed by atoms with Gasteiger partial charge in [0.05, 0.1) is 25.6 Å².